The first-order valence-corrected chi connectivity index (χ1v) is 8.53. The minimum atomic E-state index is -1.16. The van der Waals surface area contributed by atoms with Crippen LogP contribution in [0.5, 0.6) is 0 Å². The van der Waals surface area contributed by atoms with Gasteiger partial charge in [0, 0.05) is 6.04 Å². The first-order valence-electron chi connectivity index (χ1n) is 7.40. The number of rotatable bonds is 1. The second-order valence-corrected chi connectivity index (χ2v) is 8.27. The molecule has 0 radical (unpaired) electrons. The number of hydrogen-bond donors (Lipinski definition) is 1. The predicted molar refractivity (Wildman–Crippen MR) is 80.7 cm³/mol. The van der Waals surface area contributed by atoms with E-state index in [-0.39, 0.29) is 6.04 Å². The van der Waals surface area contributed by atoms with E-state index in [0.29, 0.717) is 6.04 Å². The van der Waals surface area contributed by atoms with Gasteiger partial charge in [-0.2, -0.15) is 0 Å². The molecule has 0 spiro atoms. The fourth-order valence-corrected chi connectivity index (χ4v) is 4.00. The van der Waals surface area contributed by atoms with Gasteiger partial charge in [-0.05, 0) is 31.6 Å². The quantitative estimate of drug-likeness (QED) is 0.516. The van der Waals surface area contributed by atoms with Gasteiger partial charge in [0.05, 0.1) is 6.04 Å². The molecule has 2 atom stereocenters. The summed E-state index contributed by atoms with van der Waals surface area (Å²) in [5, 5.41) is 3.66. The van der Waals surface area contributed by atoms with Crippen LogP contribution in [-0.2, 0) is 0 Å². The normalized spacial score (nSPS) is 32.8. The molecule has 2 fully saturated rings. The van der Waals surface area contributed by atoms with Crippen LogP contribution in [0.25, 0.3) is 0 Å². The zero-order chi connectivity index (χ0) is 13.0. The van der Waals surface area contributed by atoms with Crippen molar-refractivity contribution in [3.05, 3.63) is 0 Å². The van der Waals surface area contributed by atoms with Crippen molar-refractivity contribution in [3.63, 3.8) is 0 Å². The molecule has 106 valence electrons. The molecule has 1 aliphatic carbocycles. The molecule has 1 heterocycles. The molecule has 0 amide bonds. The van der Waals surface area contributed by atoms with Gasteiger partial charge < -0.3 is 5.32 Å². The van der Waals surface area contributed by atoms with Crippen molar-refractivity contribution in [3.8, 4) is 0 Å². The molecule has 2 unspecified atom stereocenters. The van der Waals surface area contributed by atoms with Crippen molar-refractivity contribution in [1.29, 1.82) is 0 Å². The maximum Gasteiger partial charge on any atom is 0.205 e. The molecule has 1 saturated heterocycles. The molecule has 1 nitrogen and oxygen atoms in total. The molecule has 1 saturated carbocycles. The van der Waals surface area contributed by atoms with Crippen molar-refractivity contribution in [2.45, 2.75) is 80.1 Å². The maximum absolute atomic E-state index is 6.09. The number of halogens is 3. The Bertz CT molecular complexity index is 244. The van der Waals surface area contributed by atoms with Crippen LogP contribution in [-0.4, -0.2) is 15.9 Å². The summed E-state index contributed by atoms with van der Waals surface area (Å²) in [6.07, 6.45) is 12.9. The van der Waals surface area contributed by atoms with Crippen LogP contribution in [0, 0.1) is 5.92 Å². The SMILES string of the molecule is ClC(Cl)(Cl)C1CCCCC(C2CCCCCC2)N1. The third-order valence-electron chi connectivity index (χ3n) is 4.54. The molecule has 0 aromatic heterocycles. The Hall–Kier alpha value is 0.830. The second kappa shape index (κ2) is 7.02. The topological polar surface area (TPSA) is 12.0 Å². The molecule has 2 rings (SSSR count). The van der Waals surface area contributed by atoms with Gasteiger partial charge in [-0.1, -0.05) is 73.3 Å². The Morgan fingerprint density at radius 1 is 0.722 bits per heavy atom. The highest BCUT2D eigenvalue weighted by atomic mass is 35.6. The van der Waals surface area contributed by atoms with E-state index < -0.39 is 3.79 Å². The fraction of sp³-hybridized carbons (Fsp3) is 1.00. The summed E-state index contributed by atoms with van der Waals surface area (Å²) in [5.74, 6) is 0.792. The predicted octanol–water partition coefficient (Wildman–Crippen LogP) is 5.23. The van der Waals surface area contributed by atoms with Crippen molar-refractivity contribution in [2.24, 2.45) is 5.92 Å². The van der Waals surface area contributed by atoms with E-state index in [1.54, 1.807) is 0 Å². The van der Waals surface area contributed by atoms with Crippen LogP contribution in [0.15, 0.2) is 0 Å². The van der Waals surface area contributed by atoms with E-state index in [1.807, 2.05) is 0 Å². The number of hydrogen-bond acceptors (Lipinski definition) is 1. The lowest BCUT2D eigenvalue weighted by atomic mass is 9.89. The van der Waals surface area contributed by atoms with E-state index in [4.69, 9.17) is 34.8 Å². The summed E-state index contributed by atoms with van der Waals surface area (Å²) in [6.45, 7) is 0. The molecule has 2 aliphatic rings. The molecule has 0 aromatic rings. The van der Waals surface area contributed by atoms with Gasteiger partial charge in [-0.3, -0.25) is 0 Å². The lowest BCUT2D eigenvalue weighted by Crippen LogP contribution is -2.47. The smallest absolute Gasteiger partial charge is 0.205 e. The van der Waals surface area contributed by atoms with E-state index in [9.17, 15) is 0 Å². The fourth-order valence-electron chi connectivity index (χ4n) is 3.48. The minimum Gasteiger partial charge on any atom is -0.307 e. The van der Waals surface area contributed by atoms with Crippen LogP contribution in [0.2, 0.25) is 0 Å². The molecule has 0 bridgehead atoms. The Balaban J connectivity index is 1.97. The van der Waals surface area contributed by atoms with Gasteiger partial charge in [0.1, 0.15) is 0 Å². The summed E-state index contributed by atoms with van der Waals surface area (Å²) in [5.41, 5.74) is 0. The third-order valence-corrected chi connectivity index (χ3v) is 5.33. The molecule has 4 heteroatoms. The molecular weight excluding hydrogens is 289 g/mol. The zero-order valence-corrected chi connectivity index (χ0v) is 13.2. The Kier molecular flexibility index (Phi) is 5.93. The molecule has 0 aromatic carbocycles. The molecule has 1 aliphatic heterocycles. The van der Waals surface area contributed by atoms with Crippen molar-refractivity contribution in [1.82, 2.24) is 5.32 Å². The summed E-state index contributed by atoms with van der Waals surface area (Å²) < 4.78 is -1.16. The van der Waals surface area contributed by atoms with E-state index in [2.05, 4.69) is 5.32 Å². The Labute approximate surface area is 126 Å². The first-order chi connectivity index (χ1) is 8.57. The summed E-state index contributed by atoms with van der Waals surface area (Å²) in [4.78, 5) is 0. The highest BCUT2D eigenvalue weighted by molar-refractivity contribution is 6.68. The second-order valence-electron chi connectivity index (χ2n) is 5.90. The minimum absolute atomic E-state index is 0.0262. The van der Waals surface area contributed by atoms with Gasteiger partial charge in [0.2, 0.25) is 3.79 Å². The van der Waals surface area contributed by atoms with E-state index in [0.717, 1.165) is 12.3 Å². The monoisotopic (exact) mass is 311 g/mol. The van der Waals surface area contributed by atoms with Gasteiger partial charge in [-0.25, -0.2) is 0 Å². The summed E-state index contributed by atoms with van der Waals surface area (Å²) >= 11 is 18.3. The van der Waals surface area contributed by atoms with E-state index >= 15 is 0 Å². The zero-order valence-electron chi connectivity index (χ0n) is 10.9. The molecular formula is C14H24Cl3N. The van der Waals surface area contributed by atoms with Gasteiger partial charge >= 0.3 is 0 Å². The van der Waals surface area contributed by atoms with Crippen molar-refractivity contribution >= 4 is 34.8 Å². The third kappa shape index (κ3) is 4.44. The highest BCUT2D eigenvalue weighted by Gasteiger charge is 2.36. The van der Waals surface area contributed by atoms with Crippen molar-refractivity contribution < 1.29 is 0 Å². The van der Waals surface area contributed by atoms with Crippen LogP contribution in [0.4, 0.5) is 0 Å². The van der Waals surface area contributed by atoms with Gasteiger partial charge in [0.25, 0.3) is 0 Å². The Morgan fingerprint density at radius 3 is 1.89 bits per heavy atom. The van der Waals surface area contributed by atoms with Crippen LogP contribution >= 0.6 is 34.8 Å². The lowest BCUT2D eigenvalue weighted by Gasteiger charge is -2.32. The average Bonchev–Trinajstić information content (AvgIpc) is 2.70. The van der Waals surface area contributed by atoms with E-state index in [1.165, 1.54) is 57.8 Å². The van der Waals surface area contributed by atoms with Crippen molar-refractivity contribution in [2.75, 3.05) is 0 Å². The van der Waals surface area contributed by atoms with Crippen LogP contribution < -0.4 is 5.32 Å². The standard InChI is InChI=1S/C14H24Cl3N/c15-14(16,17)13-10-6-5-9-12(18-13)11-7-3-1-2-4-8-11/h11-13,18H,1-10H2. The average molecular weight is 313 g/mol. The maximum atomic E-state index is 6.09. The largest absolute Gasteiger partial charge is 0.307 e. The highest BCUT2D eigenvalue weighted by Crippen LogP contribution is 2.37. The molecule has 1 N–H and O–H groups in total. The van der Waals surface area contributed by atoms with Gasteiger partial charge in [0.15, 0.2) is 0 Å². The summed E-state index contributed by atoms with van der Waals surface area (Å²) in [7, 11) is 0. The van der Waals surface area contributed by atoms with Crippen LogP contribution in [0.1, 0.15) is 64.2 Å². The van der Waals surface area contributed by atoms with Gasteiger partial charge in [-0.15, -0.1) is 0 Å². The molecule has 18 heavy (non-hydrogen) atoms. The number of alkyl halides is 3. The van der Waals surface area contributed by atoms with Crippen LogP contribution in [0.3, 0.4) is 0 Å². The summed E-state index contributed by atoms with van der Waals surface area (Å²) in [6, 6.07) is 0.587. The first kappa shape index (κ1) is 15.2. The number of nitrogens with one attached hydrogen (secondary N) is 1. The Morgan fingerprint density at radius 2 is 1.28 bits per heavy atom. The lowest BCUT2D eigenvalue weighted by molar-refractivity contribution is 0.290.